The highest BCUT2D eigenvalue weighted by molar-refractivity contribution is 5.97. The van der Waals surface area contributed by atoms with Gasteiger partial charge in [-0.25, -0.2) is 9.87 Å². The van der Waals surface area contributed by atoms with Gasteiger partial charge in [-0.1, -0.05) is 6.58 Å². The summed E-state index contributed by atoms with van der Waals surface area (Å²) in [5.41, 5.74) is 1.39. The first-order chi connectivity index (χ1) is 11.3. The molecule has 9 heteroatoms. The Morgan fingerprint density at radius 2 is 1.88 bits per heavy atom. The van der Waals surface area contributed by atoms with Crippen LogP contribution in [0.3, 0.4) is 0 Å². The molecule has 0 aliphatic carbocycles. The second kappa shape index (κ2) is 8.75. The maximum Gasteiger partial charge on any atom is 0.314 e. The molecule has 4 N–H and O–H groups in total. The monoisotopic (exact) mass is 342 g/mol. The van der Waals surface area contributed by atoms with Crippen molar-refractivity contribution < 1.29 is 33.4 Å². The Labute approximate surface area is 136 Å². The van der Waals surface area contributed by atoms with Gasteiger partial charge in [-0.05, 0) is 37.3 Å². The largest absolute Gasteiger partial charge is 0.430 e. The molecule has 0 spiro atoms. The van der Waals surface area contributed by atoms with Crippen molar-refractivity contribution in [3.63, 3.8) is 0 Å². The molecule has 130 valence electrons. The van der Waals surface area contributed by atoms with E-state index in [1.54, 1.807) is 0 Å². The summed E-state index contributed by atoms with van der Waals surface area (Å²) in [6.07, 6.45) is -0.621. The Morgan fingerprint density at radius 1 is 1.29 bits per heavy atom. The molecule has 1 aromatic rings. The van der Waals surface area contributed by atoms with Gasteiger partial charge in [0.1, 0.15) is 11.8 Å². The Bertz CT molecular complexity index is 644. The van der Waals surface area contributed by atoms with Gasteiger partial charge in [-0.15, -0.1) is 0 Å². The van der Waals surface area contributed by atoms with Gasteiger partial charge in [0, 0.05) is 5.56 Å². The summed E-state index contributed by atoms with van der Waals surface area (Å²) in [6.45, 7) is 4.30. The molecule has 2 amide bonds. The first kappa shape index (κ1) is 19.3. The number of aliphatic hydroxyl groups is 1. The Hall–Kier alpha value is -2.78. The van der Waals surface area contributed by atoms with E-state index in [-0.39, 0.29) is 11.3 Å². The summed E-state index contributed by atoms with van der Waals surface area (Å²) >= 11 is 0. The van der Waals surface area contributed by atoms with Crippen LogP contribution >= 0.6 is 0 Å². The number of allylic oxidation sites excluding steroid dienone is 2. The molecular formula is C15H16F2N2O5. The average molecular weight is 342 g/mol. The lowest BCUT2D eigenvalue weighted by Gasteiger charge is -2.19. The molecule has 1 rings (SSSR count). The minimum atomic E-state index is -1.48. The highest BCUT2D eigenvalue weighted by Crippen LogP contribution is 2.19. The lowest BCUT2D eigenvalue weighted by atomic mass is 10.1. The van der Waals surface area contributed by atoms with Crippen LogP contribution < -0.4 is 15.5 Å². The van der Waals surface area contributed by atoms with E-state index in [1.807, 2.05) is 0 Å². The second-order valence-corrected chi connectivity index (χ2v) is 4.62. The quantitative estimate of drug-likeness (QED) is 0.259. The van der Waals surface area contributed by atoms with Crippen LogP contribution in [0.25, 0.3) is 0 Å². The van der Waals surface area contributed by atoms with E-state index < -0.39 is 35.8 Å². The fourth-order valence-corrected chi connectivity index (χ4v) is 1.61. The van der Waals surface area contributed by atoms with E-state index in [0.717, 1.165) is 0 Å². The van der Waals surface area contributed by atoms with Crippen LogP contribution in [-0.4, -0.2) is 34.3 Å². The topological polar surface area (TPSA) is 108 Å². The van der Waals surface area contributed by atoms with Crippen LogP contribution in [-0.2, 0) is 4.79 Å². The third-order valence-electron chi connectivity index (χ3n) is 2.85. The molecule has 0 bridgehead atoms. The number of carbonyl (C=O) groups excluding carboxylic acids is 2. The lowest BCUT2D eigenvalue weighted by Crippen LogP contribution is -2.51. The van der Waals surface area contributed by atoms with E-state index in [0.29, 0.717) is 6.08 Å². The minimum Gasteiger partial charge on any atom is -0.430 e. The van der Waals surface area contributed by atoms with E-state index in [2.05, 4.69) is 16.6 Å². The molecular weight excluding hydrogens is 326 g/mol. The summed E-state index contributed by atoms with van der Waals surface area (Å²) in [4.78, 5) is 23.3. The number of hydrogen-bond acceptors (Lipinski definition) is 5. The number of benzene rings is 1. The number of halogens is 2. The molecule has 0 saturated heterocycles. The van der Waals surface area contributed by atoms with Crippen LogP contribution in [0.2, 0.25) is 0 Å². The number of nitrogens with one attached hydrogen (secondary N) is 2. The van der Waals surface area contributed by atoms with Crippen LogP contribution in [0.5, 0.6) is 5.75 Å². The highest BCUT2D eigenvalue weighted by atomic mass is 19.2. The average Bonchev–Trinajstić information content (AvgIpc) is 2.58. The van der Waals surface area contributed by atoms with Crippen molar-refractivity contribution in [3.05, 3.63) is 54.3 Å². The number of hydrogen-bond donors (Lipinski definition) is 4. The van der Waals surface area contributed by atoms with Crippen LogP contribution in [0.4, 0.5) is 8.78 Å². The van der Waals surface area contributed by atoms with Crippen molar-refractivity contribution in [2.45, 2.75) is 19.1 Å². The first-order valence-electron chi connectivity index (χ1n) is 6.68. The molecule has 0 unspecified atom stereocenters. The minimum absolute atomic E-state index is 0.0623. The maximum absolute atomic E-state index is 13.2. The van der Waals surface area contributed by atoms with E-state index in [9.17, 15) is 23.5 Å². The Kier molecular flexibility index (Phi) is 7.02. The number of rotatable bonds is 7. The zero-order chi connectivity index (χ0) is 18.3. The van der Waals surface area contributed by atoms with Gasteiger partial charge in [0.25, 0.3) is 11.8 Å². The lowest BCUT2D eigenvalue weighted by molar-refractivity contribution is -0.133. The zero-order valence-electron chi connectivity index (χ0n) is 12.6. The fraction of sp³-hybridized carbons (Fsp3) is 0.200. The molecule has 0 saturated carbocycles. The Balaban J connectivity index is 2.83. The van der Waals surface area contributed by atoms with Crippen molar-refractivity contribution in [2.24, 2.45) is 0 Å². The van der Waals surface area contributed by atoms with Gasteiger partial charge < -0.3 is 15.2 Å². The number of carbonyl (C=O) groups is 2. The molecule has 2 atom stereocenters. The van der Waals surface area contributed by atoms with Crippen LogP contribution in [0.15, 0.2) is 48.8 Å². The smallest absolute Gasteiger partial charge is 0.314 e. The molecule has 0 fully saturated rings. The first-order valence-corrected chi connectivity index (χ1v) is 6.68. The number of ether oxygens (including phenoxy) is 1. The molecule has 0 aliphatic rings. The molecule has 24 heavy (non-hydrogen) atoms. The van der Waals surface area contributed by atoms with Crippen LogP contribution in [0.1, 0.15) is 17.3 Å². The number of amides is 2. The molecule has 1 aromatic carbocycles. The maximum atomic E-state index is 13.2. The summed E-state index contributed by atoms with van der Waals surface area (Å²) in [5, 5.41) is 20.2. The predicted octanol–water partition coefficient (Wildman–Crippen LogP) is 1.34. The summed E-state index contributed by atoms with van der Waals surface area (Å²) < 4.78 is 30.6. The Morgan fingerprint density at radius 3 is 2.33 bits per heavy atom. The summed E-state index contributed by atoms with van der Waals surface area (Å²) in [5.74, 6) is -3.07. The summed E-state index contributed by atoms with van der Waals surface area (Å²) in [7, 11) is 0. The molecule has 7 nitrogen and oxygen atoms in total. The van der Waals surface area contributed by atoms with E-state index in [4.69, 9.17) is 5.21 Å². The third kappa shape index (κ3) is 5.14. The van der Waals surface area contributed by atoms with Crippen molar-refractivity contribution >= 4 is 11.8 Å². The third-order valence-corrected chi connectivity index (χ3v) is 2.85. The highest BCUT2D eigenvalue weighted by Gasteiger charge is 2.25. The van der Waals surface area contributed by atoms with E-state index >= 15 is 0 Å². The van der Waals surface area contributed by atoms with Crippen molar-refractivity contribution in [1.82, 2.24) is 10.8 Å². The fourth-order valence-electron chi connectivity index (χ4n) is 1.61. The molecule has 0 aliphatic heterocycles. The van der Waals surface area contributed by atoms with Crippen molar-refractivity contribution in [2.75, 3.05) is 0 Å². The predicted molar refractivity (Wildman–Crippen MR) is 79.4 cm³/mol. The number of aliphatic hydroxyl groups excluding tert-OH is 1. The van der Waals surface area contributed by atoms with E-state index in [1.165, 1.54) is 36.7 Å². The summed E-state index contributed by atoms with van der Waals surface area (Å²) in [6, 6.07) is 2.03. The van der Waals surface area contributed by atoms with Crippen molar-refractivity contribution in [1.29, 1.82) is 0 Å². The van der Waals surface area contributed by atoms with Gasteiger partial charge in [-0.2, -0.15) is 4.39 Å². The normalized spacial score (nSPS) is 14.0. The SMILES string of the molecule is C=CC(F)=C(F)Oc1ccc(C(=O)N[C@H](C(=O)NO)[C@@H](C)O)cc1. The van der Waals surface area contributed by atoms with Crippen molar-refractivity contribution in [3.8, 4) is 5.75 Å². The van der Waals surface area contributed by atoms with Gasteiger partial charge >= 0.3 is 6.01 Å². The van der Waals surface area contributed by atoms with Gasteiger partial charge in [0.05, 0.1) is 6.10 Å². The van der Waals surface area contributed by atoms with Crippen LogP contribution in [0, 0.1) is 0 Å². The van der Waals surface area contributed by atoms with Gasteiger partial charge in [0.15, 0.2) is 5.83 Å². The second-order valence-electron chi connectivity index (χ2n) is 4.62. The molecule has 0 aromatic heterocycles. The zero-order valence-corrected chi connectivity index (χ0v) is 12.6. The number of hydroxylamine groups is 1. The molecule has 0 radical (unpaired) electrons. The molecule has 0 heterocycles. The van der Waals surface area contributed by atoms with Gasteiger partial charge in [0.2, 0.25) is 0 Å². The van der Waals surface area contributed by atoms with Gasteiger partial charge in [-0.3, -0.25) is 14.8 Å². The standard InChI is InChI=1S/C15H16F2N2O5/c1-3-11(16)13(17)24-10-6-4-9(5-7-10)14(21)18-12(8(2)20)15(22)19-23/h3-8,12,20,23H,1H2,2H3,(H,18,21)(H,19,22)/t8-,12+/m1/s1.